The van der Waals surface area contributed by atoms with Gasteiger partial charge in [0.15, 0.2) is 11.5 Å². The summed E-state index contributed by atoms with van der Waals surface area (Å²) in [5, 5.41) is 3.71. The van der Waals surface area contributed by atoms with Gasteiger partial charge >= 0.3 is 0 Å². The maximum absolute atomic E-state index is 12.6. The zero-order chi connectivity index (χ0) is 16.5. The van der Waals surface area contributed by atoms with Crippen molar-refractivity contribution in [1.82, 2.24) is 9.97 Å². The minimum Gasteiger partial charge on any atom is -0.486 e. The van der Waals surface area contributed by atoms with Gasteiger partial charge in [-0.25, -0.2) is 0 Å². The lowest BCUT2D eigenvalue weighted by Crippen LogP contribution is -2.17. The fourth-order valence-electron chi connectivity index (χ4n) is 2.66. The number of ether oxygens (including phenoxy) is 2. The summed E-state index contributed by atoms with van der Waals surface area (Å²) in [5.41, 5.74) is 2.66. The third-order valence-corrected chi connectivity index (χ3v) is 3.85. The molecule has 4 rings (SSSR count). The molecule has 1 aliphatic rings. The maximum Gasteiger partial charge on any atom is 0.257 e. The Kier molecular flexibility index (Phi) is 3.49. The summed E-state index contributed by atoms with van der Waals surface area (Å²) in [6.07, 6.45) is 3.38. The molecule has 1 N–H and O–H groups in total. The van der Waals surface area contributed by atoms with Crippen molar-refractivity contribution in [2.24, 2.45) is 0 Å². The molecular weight excluding hydrogens is 306 g/mol. The summed E-state index contributed by atoms with van der Waals surface area (Å²) in [7, 11) is 0. The lowest BCUT2D eigenvalue weighted by molar-refractivity contribution is 0.102. The number of amides is 1. The summed E-state index contributed by atoms with van der Waals surface area (Å²) in [6.45, 7) is 2.86. The molecule has 0 spiro atoms. The standard InChI is InChI=1S/C18H15N3O3/c1-11-14(8-12-10-19-5-4-15(12)20-11)18(22)21-13-2-3-16-17(9-13)24-7-6-23-16/h2-5,8-10H,6-7H2,1H3,(H,21,22). The minimum atomic E-state index is -0.220. The van der Waals surface area contributed by atoms with Crippen LogP contribution in [0.15, 0.2) is 42.7 Å². The van der Waals surface area contributed by atoms with Gasteiger partial charge in [0.25, 0.3) is 5.91 Å². The maximum atomic E-state index is 12.6. The van der Waals surface area contributed by atoms with Crippen LogP contribution in [0.2, 0.25) is 0 Å². The predicted molar refractivity (Wildman–Crippen MR) is 89.7 cm³/mol. The fraction of sp³-hybridized carbons (Fsp3) is 0.167. The molecule has 3 heterocycles. The number of aromatic nitrogens is 2. The second-order valence-corrected chi connectivity index (χ2v) is 5.50. The molecule has 0 bridgehead atoms. The normalized spacial score (nSPS) is 12.9. The highest BCUT2D eigenvalue weighted by atomic mass is 16.6. The highest BCUT2D eigenvalue weighted by Crippen LogP contribution is 2.32. The Bertz CT molecular complexity index is 940. The van der Waals surface area contributed by atoms with Crippen LogP contribution in [0.25, 0.3) is 10.9 Å². The molecule has 3 aromatic rings. The third kappa shape index (κ3) is 2.62. The molecule has 6 nitrogen and oxygen atoms in total. The molecule has 120 valence electrons. The number of anilines is 1. The Hall–Kier alpha value is -3.15. The van der Waals surface area contributed by atoms with E-state index in [2.05, 4.69) is 15.3 Å². The van der Waals surface area contributed by atoms with Gasteiger partial charge in [-0.1, -0.05) is 0 Å². The molecule has 1 aliphatic heterocycles. The molecule has 2 aromatic heterocycles. The first-order valence-electron chi connectivity index (χ1n) is 7.63. The van der Waals surface area contributed by atoms with Crippen LogP contribution in [0.1, 0.15) is 16.1 Å². The molecule has 0 fully saturated rings. The van der Waals surface area contributed by atoms with Crippen LogP contribution < -0.4 is 14.8 Å². The molecule has 0 radical (unpaired) electrons. The highest BCUT2D eigenvalue weighted by Gasteiger charge is 2.15. The topological polar surface area (TPSA) is 73.3 Å². The highest BCUT2D eigenvalue weighted by molar-refractivity contribution is 6.06. The molecule has 0 saturated carbocycles. The number of rotatable bonds is 2. The fourth-order valence-corrected chi connectivity index (χ4v) is 2.66. The monoisotopic (exact) mass is 321 g/mol. The average Bonchev–Trinajstić information content (AvgIpc) is 2.61. The summed E-state index contributed by atoms with van der Waals surface area (Å²) in [4.78, 5) is 21.1. The van der Waals surface area contributed by atoms with E-state index in [1.165, 1.54) is 0 Å². The number of nitrogens with zero attached hydrogens (tertiary/aromatic N) is 2. The summed E-state index contributed by atoms with van der Waals surface area (Å²) >= 11 is 0. The van der Waals surface area contributed by atoms with Gasteiger partial charge in [-0.15, -0.1) is 0 Å². The predicted octanol–water partition coefficient (Wildman–Crippen LogP) is 2.96. The smallest absolute Gasteiger partial charge is 0.257 e. The van der Waals surface area contributed by atoms with E-state index in [-0.39, 0.29) is 5.91 Å². The van der Waals surface area contributed by atoms with Crippen LogP contribution in [0, 0.1) is 6.92 Å². The van der Waals surface area contributed by atoms with Crippen molar-refractivity contribution < 1.29 is 14.3 Å². The van der Waals surface area contributed by atoms with E-state index in [1.807, 2.05) is 13.0 Å². The van der Waals surface area contributed by atoms with E-state index in [9.17, 15) is 4.79 Å². The van der Waals surface area contributed by atoms with Crippen molar-refractivity contribution in [1.29, 1.82) is 0 Å². The van der Waals surface area contributed by atoms with Gasteiger partial charge in [0.05, 0.1) is 16.8 Å². The molecule has 0 unspecified atom stereocenters. The van der Waals surface area contributed by atoms with E-state index in [1.54, 1.807) is 36.7 Å². The molecular formula is C18H15N3O3. The van der Waals surface area contributed by atoms with Crippen LogP contribution >= 0.6 is 0 Å². The first-order chi connectivity index (χ1) is 11.7. The van der Waals surface area contributed by atoms with E-state index in [0.717, 1.165) is 10.9 Å². The van der Waals surface area contributed by atoms with E-state index < -0.39 is 0 Å². The van der Waals surface area contributed by atoms with E-state index in [0.29, 0.717) is 41.7 Å². The number of pyridine rings is 2. The van der Waals surface area contributed by atoms with Gasteiger partial charge in [-0.05, 0) is 31.2 Å². The zero-order valence-corrected chi connectivity index (χ0v) is 13.1. The number of carbonyl (C=O) groups excluding carboxylic acids is 1. The van der Waals surface area contributed by atoms with Gasteiger partial charge < -0.3 is 14.8 Å². The summed E-state index contributed by atoms with van der Waals surface area (Å²) in [6, 6.07) is 8.97. The SMILES string of the molecule is Cc1nc2ccncc2cc1C(=O)Nc1ccc2c(c1)OCCO2. The Morgan fingerprint density at radius 1 is 1.12 bits per heavy atom. The largest absolute Gasteiger partial charge is 0.486 e. The molecule has 1 amide bonds. The Morgan fingerprint density at radius 3 is 2.83 bits per heavy atom. The van der Waals surface area contributed by atoms with Crippen LogP contribution in [-0.4, -0.2) is 29.1 Å². The second kappa shape index (κ2) is 5.81. The van der Waals surface area contributed by atoms with Gasteiger partial charge in [0.2, 0.25) is 0 Å². The number of nitrogens with one attached hydrogen (secondary N) is 1. The Labute approximate surface area is 138 Å². The Balaban J connectivity index is 1.63. The third-order valence-electron chi connectivity index (χ3n) is 3.85. The number of hydrogen-bond acceptors (Lipinski definition) is 5. The van der Waals surface area contributed by atoms with Crippen LogP contribution in [0.5, 0.6) is 11.5 Å². The van der Waals surface area contributed by atoms with E-state index in [4.69, 9.17) is 9.47 Å². The van der Waals surface area contributed by atoms with Crippen molar-refractivity contribution >= 4 is 22.5 Å². The number of carbonyl (C=O) groups is 1. The van der Waals surface area contributed by atoms with Crippen molar-refractivity contribution in [2.75, 3.05) is 18.5 Å². The van der Waals surface area contributed by atoms with Gasteiger partial charge in [-0.3, -0.25) is 14.8 Å². The van der Waals surface area contributed by atoms with Crippen molar-refractivity contribution in [2.45, 2.75) is 6.92 Å². The Morgan fingerprint density at radius 2 is 1.96 bits per heavy atom. The molecule has 1 aromatic carbocycles. The van der Waals surface area contributed by atoms with Crippen LogP contribution in [0.3, 0.4) is 0 Å². The summed E-state index contributed by atoms with van der Waals surface area (Å²) < 4.78 is 11.0. The van der Waals surface area contributed by atoms with E-state index >= 15 is 0 Å². The van der Waals surface area contributed by atoms with Gasteiger partial charge in [-0.2, -0.15) is 0 Å². The number of fused-ring (bicyclic) bond motifs is 2. The number of aryl methyl sites for hydroxylation is 1. The molecule has 24 heavy (non-hydrogen) atoms. The average molecular weight is 321 g/mol. The first kappa shape index (κ1) is 14.4. The lowest BCUT2D eigenvalue weighted by Gasteiger charge is -2.19. The van der Waals surface area contributed by atoms with Crippen molar-refractivity contribution in [3.8, 4) is 11.5 Å². The van der Waals surface area contributed by atoms with Gasteiger partial charge in [0.1, 0.15) is 13.2 Å². The molecule has 6 heteroatoms. The van der Waals surface area contributed by atoms with Crippen LogP contribution in [-0.2, 0) is 0 Å². The first-order valence-corrected chi connectivity index (χ1v) is 7.63. The quantitative estimate of drug-likeness (QED) is 0.785. The second-order valence-electron chi connectivity index (χ2n) is 5.50. The van der Waals surface area contributed by atoms with Gasteiger partial charge in [0, 0.05) is 29.5 Å². The van der Waals surface area contributed by atoms with Crippen molar-refractivity contribution in [3.63, 3.8) is 0 Å². The minimum absolute atomic E-state index is 0.220. The lowest BCUT2D eigenvalue weighted by atomic mass is 10.1. The molecule has 0 atom stereocenters. The summed E-state index contributed by atoms with van der Waals surface area (Å²) in [5.74, 6) is 1.10. The zero-order valence-electron chi connectivity index (χ0n) is 13.1. The molecule has 0 aliphatic carbocycles. The molecule has 0 saturated heterocycles. The van der Waals surface area contributed by atoms with Crippen molar-refractivity contribution in [3.05, 3.63) is 54.0 Å². The number of benzene rings is 1. The van der Waals surface area contributed by atoms with Crippen LogP contribution in [0.4, 0.5) is 5.69 Å². The number of hydrogen-bond donors (Lipinski definition) is 1.